The van der Waals surface area contributed by atoms with Gasteiger partial charge in [0.15, 0.2) is 0 Å². The van der Waals surface area contributed by atoms with Gasteiger partial charge in [-0.1, -0.05) is 53.1 Å². The molecule has 2 unspecified atom stereocenters. The first kappa shape index (κ1) is 14.2. The zero-order valence-electron chi connectivity index (χ0n) is 11.8. The summed E-state index contributed by atoms with van der Waals surface area (Å²) in [5.41, 5.74) is 0.992. The molecule has 1 fully saturated rings. The SMILES string of the molecule is CC(C)NCCN[Si](C)(C)C1CCCC1C. The summed E-state index contributed by atoms with van der Waals surface area (Å²) in [5, 5.41) is 3.48. The zero-order chi connectivity index (χ0) is 12.2. The van der Waals surface area contributed by atoms with E-state index in [4.69, 9.17) is 0 Å². The van der Waals surface area contributed by atoms with Crippen molar-refractivity contribution in [2.24, 2.45) is 5.92 Å². The van der Waals surface area contributed by atoms with Crippen LogP contribution in [0.5, 0.6) is 0 Å². The van der Waals surface area contributed by atoms with E-state index in [1.54, 1.807) is 0 Å². The van der Waals surface area contributed by atoms with Gasteiger partial charge in [-0.2, -0.15) is 0 Å². The molecule has 2 nitrogen and oxygen atoms in total. The summed E-state index contributed by atoms with van der Waals surface area (Å²) in [6.45, 7) is 14.1. The van der Waals surface area contributed by atoms with Crippen LogP contribution in [0.4, 0.5) is 0 Å². The normalized spacial score (nSPS) is 26.6. The molecule has 1 rings (SSSR count). The Hall–Kier alpha value is 0.137. The maximum Gasteiger partial charge on any atom is 0.122 e. The number of hydrogen-bond donors (Lipinski definition) is 2. The van der Waals surface area contributed by atoms with Crippen molar-refractivity contribution in [2.75, 3.05) is 13.1 Å². The maximum absolute atomic E-state index is 3.86. The van der Waals surface area contributed by atoms with Crippen molar-refractivity contribution in [3.05, 3.63) is 0 Å². The molecule has 0 aliphatic heterocycles. The Balaban J connectivity index is 2.28. The lowest BCUT2D eigenvalue weighted by molar-refractivity contribution is 0.565. The van der Waals surface area contributed by atoms with Crippen LogP contribution in [-0.4, -0.2) is 27.4 Å². The summed E-state index contributed by atoms with van der Waals surface area (Å²) < 4.78 is 0. The Labute approximate surface area is 103 Å². The van der Waals surface area contributed by atoms with Crippen molar-refractivity contribution < 1.29 is 0 Å². The highest BCUT2D eigenvalue weighted by Crippen LogP contribution is 2.41. The van der Waals surface area contributed by atoms with Crippen LogP contribution in [0.15, 0.2) is 0 Å². The molecular weight excluding hydrogens is 212 g/mol. The van der Waals surface area contributed by atoms with Crippen molar-refractivity contribution in [3.8, 4) is 0 Å². The topological polar surface area (TPSA) is 24.1 Å². The first-order valence-corrected chi connectivity index (χ1v) is 9.99. The summed E-state index contributed by atoms with van der Waals surface area (Å²) in [4.78, 5) is 3.86. The van der Waals surface area contributed by atoms with Gasteiger partial charge in [0.05, 0.1) is 0 Å². The molecule has 0 radical (unpaired) electrons. The molecule has 16 heavy (non-hydrogen) atoms. The molecule has 0 aromatic rings. The van der Waals surface area contributed by atoms with Gasteiger partial charge < -0.3 is 10.3 Å². The van der Waals surface area contributed by atoms with E-state index in [9.17, 15) is 0 Å². The quantitative estimate of drug-likeness (QED) is 0.553. The molecule has 0 heterocycles. The minimum atomic E-state index is -1.20. The molecule has 2 atom stereocenters. The van der Waals surface area contributed by atoms with Gasteiger partial charge in [0.25, 0.3) is 0 Å². The first-order chi connectivity index (χ1) is 7.43. The molecule has 1 aliphatic rings. The molecule has 3 heteroatoms. The van der Waals surface area contributed by atoms with Crippen LogP contribution in [0.3, 0.4) is 0 Å². The van der Waals surface area contributed by atoms with E-state index < -0.39 is 8.24 Å². The Kier molecular flexibility index (Phi) is 5.48. The van der Waals surface area contributed by atoms with Gasteiger partial charge in [0.2, 0.25) is 0 Å². The average Bonchev–Trinajstić information content (AvgIpc) is 2.59. The monoisotopic (exact) mass is 242 g/mol. The second-order valence-electron chi connectivity index (χ2n) is 6.27. The van der Waals surface area contributed by atoms with E-state index in [0.29, 0.717) is 6.04 Å². The van der Waals surface area contributed by atoms with Crippen LogP contribution in [0.2, 0.25) is 18.6 Å². The Bertz CT molecular complexity index is 204. The number of nitrogens with one attached hydrogen (secondary N) is 2. The number of hydrogen-bond acceptors (Lipinski definition) is 2. The molecule has 96 valence electrons. The third-order valence-corrected chi connectivity index (χ3v) is 7.92. The zero-order valence-corrected chi connectivity index (χ0v) is 12.8. The summed E-state index contributed by atoms with van der Waals surface area (Å²) in [7, 11) is -1.20. The Morgan fingerprint density at radius 3 is 2.38 bits per heavy atom. The molecule has 2 N–H and O–H groups in total. The fourth-order valence-corrected chi connectivity index (χ4v) is 6.64. The van der Waals surface area contributed by atoms with Crippen LogP contribution < -0.4 is 10.3 Å². The van der Waals surface area contributed by atoms with Crippen molar-refractivity contribution in [1.82, 2.24) is 10.3 Å². The van der Waals surface area contributed by atoms with Gasteiger partial charge in [0.1, 0.15) is 8.24 Å². The minimum Gasteiger partial charge on any atom is -0.336 e. The fraction of sp³-hybridized carbons (Fsp3) is 1.00. The lowest BCUT2D eigenvalue weighted by Gasteiger charge is -2.33. The molecule has 0 spiro atoms. The molecular formula is C13H30N2Si. The second kappa shape index (κ2) is 6.17. The van der Waals surface area contributed by atoms with Gasteiger partial charge in [-0.05, 0) is 11.5 Å². The van der Waals surface area contributed by atoms with Crippen molar-refractivity contribution in [2.45, 2.75) is 64.7 Å². The Morgan fingerprint density at radius 2 is 1.88 bits per heavy atom. The van der Waals surface area contributed by atoms with E-state index in [2.05, 4.69) is 44.2 Å². The van der Waals surface area contributed by atoms with Crippen LogP contribution in [0, 0.1) is 5.92 Å². The van der Waals surface area contributed by atoms with Gasteiger partial charge in [-0.25, -0.2) is 0 Å². The van der Waals surface area contributed by atoms with Crippen LogP contribution in [-0.2, 0) is 0 Å². The van der Waals surface area contributed by atoms with Crippen molar-refractivity contribution in [1.29, 1.82) is 0 Å². The third kappa shape index (κ3) is 4.19. The van der Waals surface area contributed by atoms with Gasteiger partial charge in [-0.3, -0.25) is 0 Å². The van der Waals surface area contributed by atoms with Crippen molar-refractivity contribution >= 4 is 8.24 Å². The van der Waals surface area contributed by atoms with Crippen molar-refractivity contribution in [3.63, 3.8) is 0 Å². The van der Waals surface area contributed by atoms with Crippen LogP contribution in [0.1, 0.15) is 40.0 Å². The predicted octanol–water partition coefficient (Wildman–Crippen LogP) is 2.97. The maximum atomic E-state index is 3.86. The lowest BCUT2D eigenvalue weighted by atomic mass is 10.1. The highest BCUT2D eigenvalue weighted by molar-refractivity contribution is 6.76. The van der Waals surface area contributed by atoms with Crippen LogP contribution >= 0.6 is 0 Å². The van der Waals surface area contributed by atoms with Gasteiger partial charge in [0, 0.05) is 19.1 Å². The molecule has 1 saturated carbocycles. The summed E-state index contributed by atoms with van der Waals surface area (Å²) >= 11 is 0. The standard InChI is InChI=1S/C13H30N2Si/c1-11(2)14-9-10-15-16(4,5)13-8-6-7-12(13)3/h11-15H,6-10H2,1-5H3. The average molecular weight is 242 g/mol. The largest absolute Gasteiger partial charge is 0.336 e. The van der Waals surface area contributed by atoms with Crippen LogP contribution in [0.25, 0.3) is 0 Å². The predicted molar refractivity (Wildman–Crippen MR) is 75.4 cm³/mol. The molecule has 1 aliphatic carbocycles. The Morgan fingerprint density at radius 1 is 1.19 bits per heavy atom. The highest BCUT2D eigenvalue weighted by atomic mass is 28.3. The molecule has 0 aromatic carbocycles. The molecule has 0 bridgehead atoms. The van der Waals surface area contributed by atoms with Gasteiger partial charge in [-0.15, -0.1) is 0 Å². The van der Waals surface area contributed by atoms with Gasteiger partial charge >= 0.3 is 0 Å². The fourth-order valence-electron chi connectivity index (χ4n) is 3.09. The second-order valence-corrected chi connectivity index (χ2v) is 10.8. The lowest BCUT2D eigenvalue weighted by Crippen LogP contribution is -2.51. The first-order valence-electron chi connectivity index (χ1n) is 6.92. The molecule has 0 amide bonds. The summed E-state index contributed by atoms with van der Waals surface area (Å²) in [6.07, 6.45) is 4.37. The molecule has 0 aromatic heterocycles. The molecule has 0 saturated heterocycles. The van der Waals surface area contributed by atoms with E-state index in [1.807, 2.05) is 0 Å². The van der Waals surface area contributed by atoms with E-state index in [-0.39, 0.29) is 0 Å². The highest BCUT2D eigenvalue weighted by Gasteiger charge is 2.37. The minimum absolute atomic E-state index is 0.608. The smallest absolute Gasteiger partial charge is 0.122 e. The van der Waals surface area contributed by atoms with E-state index in [1.165, 1.54) is 19.3 Å². The summed E-state index contributed by atoms with van der Waals surface area (Å²) in [6, 6.07) is 0.608. The van der Waals surface area contributed by atoms with E-state index >= 15 is 0 Å². The summed E-state index contributed by atoms with van der Waals surface area (Å²) in [5.74, 6) is 0.951. The van der Waals surface area contributed by atoms with E-state index in [0.717, 1.165) is 24.5 Å². The number of rotatable bonds is 6. The third-order valence-electron chi connectivity index (χ3n) is 4.05.